The molecule has 0 spiro atoms. The number of likely N-dealkylation sites (N-methyl/N-ethyl adjacent to an activating group) is 1. The van der Waals surface area contributed by atoms with Crippen molar-refractivity contribution in [3.8, 4) is 5.75 Å². The van der Waals surface area contributed by atoms with Gasteiger partial charge in [-0.1, -0.05) is 68.5 Å². The first-order chi connectivity index (χ1) is 34.2. The van der Waals surface area contributed by atoms with Crippen LogP contribution in [0.4, 0.5) is 11.4 Å². The molecule has 3 aliphatic heterocycles. The van der Waals surface area contributed by atoms with Gasteiger partial charge in [-0.3, -0.25) is 19.0 Å². The lowest BCUT2D eigenvalue weighted by Gasteiger charge is -2.35. The highest BCUT2D eigenvalue weighted by atomic mass is 127. The van der Waals surface area contributed by atoms with E-state index < -0.39 is 0 Å². The van der Waals surface area contributed by atoms with E-state index in [2.05, 4.69) is 164 Å². The molecule has 0 aliphatic carbocycles. The van der Waals surface area contributed by atoms with E-state index in [-0.39, 0.29) is 35.0 Å². The predicted octanol–water partition coefficient (Wildman–Crippen LogP) is 11.8. The van der Waals surface area contributed by atoms with E-state index in [9.17, 15) is 14.4 Å². The smallest absolute Gasteiger partial charge is 0.262 e. The summed E-state index contributed by atoms with van der Waals surface area (Å²) in [6.07, 6.45) is 13.6. The number of methoxy groups -OCH3 is 1. The maximum absolute atomic E-state index is 14.0. The van der Waals surface area contributed by atoms with Crippen molar-refractivity contribution < 1.29 is 23.7 Å². The first kappa shape index (κ1) is 50.0. The summed E-state index contributed by atoms with van der Waals surface area (Å²) < 4.78 is 10.8. The van der Waals surface area contributed by atoms with Crippen LogP contribution in [-0.4, -0.2) is 94.5 Å². The zero-order valence-electron chi connectivity index (χ0n) is 42.1. The summed E-state index contributed by atoms with van der Waals surface area (Å²) in [7, 11) is 1.61. The summed E-state index contributed by atoms with van der Waals surface area (Å²) in [6.45, 7) is 17.0. The lowest BCUT2D eigenvalue weighted by atomic mass is 9.79. The van der Waals surface area contributed by atoms with Crippen LogP contribution in [0.3, 0.4) is 0 Å². The number of fused-ring (bicyclic) bond motifs is 5. The van der Waals surface area contributed by atoms with Gasteiger partial charge in [-0.15, -0.1) is 0 Å². The van der Waals surface area contributed by atoms with E-state index in [0.29, 0.717) is 43.9 Å². The number of thiol groups is 1. The highest BCUT2D eigenvalue weighted by Gasteiger charge is 2.45. The highest BCUT2D eigenvalue weighted by molar-refractivity contribution is 14.1. The summed E-state index contributed by atoms with van der Waals surface area (Å²) >= 11 is 6.73. The van der Waals surface area contributed by atoms with E-state index in [1.807, 2.05) is 59.2 Å². The summed E-state index contributed by atoms with van der Waals surface area (Å²) in [5.74, 6) is 1.43. The molecule has 0 radical (unpaired) electrons. The van der Waals surface area contributed by atoms with Crippen LogP contribution in [0.25, 0.3) is 21.7 Å². The summed E-state index contributed by atoms with van der Waals surface area (Å²) in [4.78, 5) is 47.9. The van der Waals surface area contributed by atoms with E-state index in [4.69, 9.17) is 4.74 Å². The zero-order valence-corrected chi connectivity index (χ0v) is 45.1. The third kappa shape index (κ3) is 9.52. The van der Waals surface area contributed by atoms with Gasteiger partial charge in [0.2, 0.25) is 17.5 Å². The fraction of sp³-hybridized carbons (Fsp3) is 0.333. The van der Waals surface area contributed by atoms with Crippen LogP contribution in [0.5, 0.6) is 5.75 Å². The van der Waals surface area contributed by atoms with Gasteiger partial charge in [0.05, 0.1) is 30.9 Å². The first-order valence-corrected chi connectivity index (χ1v) is 26.7. The van der Waals surface area contributed by atoms with E-state index >= 15 is 0 Å². The molecule has 0 atom stereocenters. The van der Waals surface area contributed by atoms with Crippen LogP contribution >= 0.6 is 35.2 Å². The molecule has 11 heteroatoms. The van der Waals surface area contributed by atoms with Gasteiger partial charge in [0.1, 0.15) is 12.3 Å². The Hall–Kier alpha value is -5.92. The summed E-state index contributed by atoms with van der Waals surface area (Å²) in [6, 6.07) is 32.9. The van der Waals surface area contributed by atoms with Crippen molar-refractivity contribution in [3.05, 3.63) is 170 Å². The minimum absolute atomic E-state index is 0.0292. The van der Waals surface area contributed by atoms with Gasteiger partial charge in [-0.05, 0) is 151 Å². The molecule has 1 aromatic heterocycles. The minimum atomic E-state index is -0.275. The highest BCUT2D eigenvalue weighted by Crippen LogP contribution is 2.48. The second-order valence-corrected chi connectivity index (χ2v) is 21.7. The van der Waals surface area contributed by atoms with Gasteiger partial charge in [-0.25, -0.2) is 0 Å². The van der Waals surface area contributed by atoms with E-state index in [1.54, 1.807) is 11.7 Å². The second kappa shape index (κ2) is 20.7. The molecule has 9 nitrogen and oxygen atoms in total. The third-order valence-corrected chi connectivity index (χ3v) is 16.1. The molecule has 0 bridgehead atoms. The number of allylic oxidation sites excluding steroid dienone is 6. The fourth-order valence-corrected chi connectivity index (χ4v) is 11.8. The number of nitrogens with zero attached hydrogens (tertiary/aromatic N) is 5. The fourth-order valence-electron chi connectivity index (χ4n) is 11.2. The van der Waals surface area contributed by atoms with Gasteiger partial charge < -0.3 is 19.4 Å². The molecule has 71 heavy (non-hydrogen) atoms. The number of rotatable bonds is 14. The van der Waals surface area contributed by atoms with Gasteiger partial charge in [0.25, 0.3) is 5.91 Å². The number of benzene rings is 5. The number of piperazine rings is 1. The number of anilines is 1. The predicted molar refractivity (Wildman–Crippen MR) is 301 cm³/mol. The van der Waals surface area contributed by atoms with Crippen molar-refractivity contribution in [3.63, 3.8) is 0 Å². The molecule has 3 aliphatic rings. The molecule has 1 saturated heterocycles. The van der Waals surface area contributed by atoms with Crippen LogP contribution in [0.2, 0.25) is 0 Å². The van der Waals surface area contributed by atoms with Crippen molar-refractivity contribution in [2.45, 2.75) is 78.1 Å². The zero-order chi connectivity index (χ0) is 50.2. The number of carbonyl (C=O) groups is 3. The Balaban J connectivity index is 0.856. The molecular formula is C60H65IN5O4S+. The number of aromatic nitrogens is 1. The topological polar surface area (TPSA) is 78.1 Å². The van der Waals surface area contributed by atoms with Crippen molar-refractivity contribution in [2.24, 2.45) is 0 Å². The van der Waals surface area contributed by atoms with Crippen LogP contribution in [0.1, 0.15) is 85.8 Å². The average molecular weight is 1080 g/mol. The number of carbonyl (C=O) groups excluding carboxylic acids is 3. The lowest BCUT2D eigenvalue weighted by Crippen LogP contribution is -2.51. The van der Waals surface area contributed by atoms with Crippen molar-refractivity contribution in [1.29, 1.82) is 0 Å². The van der Waals surface area contributed by atoms with Crippen molar-refractivity contribution in [2.75, 3.05) is 57.0 Å². The molecule has 2 amide bonds. The van der Waals surface area contributed by atoms with Crippen LogP contribution in [-0.2, 0) is 33.3 Å². The van der Waals surface area contributed by atoms with Gasteiger partial charge in [-0.2, -0.15) is 17.2 Å². The van der Waals surface area contributed by atoms with E-state index in [1.165, 1.54) is 44.7 Å². The van der Waals surface area contributed by atoms with Crippen LogP contribution in [0.15, 0.2) is 133 Å². The van der Waals surface area contributed by atoms with Gasteiger partial charge in [0.15, 0.2) is 5.71 Å². The molecular weight excluding hydrogens is 1010 g/mol. The Labute approximate surface area is 438 Å². The molecule has 9 rings (SSSR count). The summed E-state index contributed by atoms with van der Waals surface area (Å²) in [5, 5.41) is 3.41. The maximum Gasteiger partial charge on any atom is 0.262 e. The molecule has 6 aromatic rings. The SMILES string of the molecule is CCN1/C(=C/C=C/C=C/C2=[N+](CCCCS)c3ccc4ccccc4c3C2(C)C)C(C)(C)c2cc(CC(=O)N3CCN(C(=O)Cc4c(C)n(C(=O)c5ccc(I)cc5)c5ccc(OC)cc45)CC3)ccc21. The van der Waals surface area contributed by atoms with E-state index in [0.717, 1.165) is 63.0 Å². The lowest BCUT2D eigenvalue weighted by molar-refractivity contribution is -0.438. The summed E-state index contributed by atoms with van der Waals surface area (Å²) in [5.41, 5.74) is 11.0. The van der Waals surface area contributed by atoms with Crippen molar-refractivity contribution >= 4 is 91.7 Å². The largest absolute Gasteiger partial charge is 0.497 e. The Kier molecular flexibility index (Phi) is 14.6. The van der Waals surface area contributed by atoms with Crippen molar-refractivity contribution in [1.82, 2.24) is 14.4 Å². The molecule has 5 aromatic carbocycles. The van der Waals surface area contributed by atoms with Gasteiger partial charge >= 0.3 is 0 Å². The Bertz CT molecular complexity index is 3190. The molecule has 1 fully saturated rings. The Morgan fingerprint density at radius 2 is 1.51 bits per heavy atom. The normalized spacial score (nSPS) is 16.9. The number of amides is 2. The maximum atomic E-state index is 14.0. The number of halogens is 1. The average Bonchev–Trinajstić information content (AvgIpc) is 3.86. The second-order valence-electron chi connectivity index (χ2n) is 20.0. The molecule has 0 saturated carbocycles. The monoisotopic (exact) mass is 1080 g/mol. The Morgan fingerprint density at radius 1 is 0.789 bits per heavy atom. The molecule has 4 heterocycles. The number of ether oxygens (including phenoxy) is 1. The number of hydrogen-bond donors (Lipinski definition) is 1. The van der Waals surface area contributed by atoms with Crippen LogP contribution < -0.4 is 9.64 Å². The minimum Gasteiger partial charge on any atom is -0.497 e. The standard InChI is InChI=1S/C60H64IN5O4S/c1-8-64-51-27-20-41(36-49(51)59(3,4)53(64)18-10-9-11-19-54-60(5,6)57-46-17-13-12-16-42(46)23-28-52(57)65(54)30-14-15-35-71)37-55(67)62-31-33-63(34-32-62)56(68)39-47-40(2)66(50-29-26-45(70-7)38-48(47)50)58(69)43-21-24-44(61)25-22-43/h9-13,16-29,36,38H,8,14-15,30-35,37,39H2,1-7H3/p+1. The Morgan fingerprint density at radius 3 is 2.21 bits per heavy atom. The van der Waals surface area contributed by atoms with Gasteiger partial charge in [0, 0.05) is 93.9 Å². The molecule has 366 valence electrons. The molecule has 0 unspecified atom stereocenters. The number of hydrogen-bond acceptors (Lipinski definition) is 6. The quantitative estimate of drug-likeness (QED) is 0.0387. The number of unbranched alkanes of at least 4 members (excludes halogenated alkanes) is 1. The third-order valence-electron chi connectivity index (χ3n) is 15.1. The van der Waals surface area contributed by atoms with Crippen LogP contribution in [0, 0.1) is 10.5 Å². The first-order valence-electron chi connectivity index (χ1n) is 25.0. The molecule has 0 N–H and O–H groups in total.